The fraction of sp³-hybridized carbons (Fsp3) is 0.364. The molecule has 1 heterocycles. The van der Waals surface area contributed by atoms with Gasteiger partial charge in [0.15, 0.2) is 0 Å². The number of urea groups is 1. The van der Waals surface area contributed by atoms with E-state index in [1.54, 1.807) is 12.0 Å². The van der Waals surface area contributed by atoms with Gasteiger partial charge >= 0.3 is 12.0 Å². The smallest absolute Gasteiger partial charge is 0.317 e. The molecule has 1 aliphatic heterocycles. The van der Waals surface area contributed by atoms with Gasteiger partial charge in [-0.25, -0.2) is 4.79 Å². The predicted molar refractivity (Wildman–Crippen MR) is 106 cm³/mol. The second-order valence-electron chi connectivity index (χ2n) is 7.07. The van der Waals surface area contributed by atoms with E-state index in [1.165, 1.54) is 5.56 Å². The van der Waals surface area contributed by atoms with E-state index in [4.69, 9.17) is 9.84 Å². The Balaban J connectivity index is 1.66. The third kappa shape index (κ3) is 5.25. The number of hydrogen-bond acceptors (Lipinski definition) is 3. The van der Waals surface area contributed by atoms with Crippen LogP contribution < -0.4 is 10.1 Å². The zero-order chi connectivity index (χ0) is 19.9. The fourth-order valence-corrected chi connectivity index (χ4v) is 3.52. The van der Waals surface area contributed by atoms with Gasteiger partial charge in [-0.1, -0.05) is 36.4 Å². The number of fused-ring (bicyclic) bond motifs is 1. The molecular weight excluding hydrogens is 356 g/mol. The molecule has 6 nitrogen and oxygen atoms in total. The largest absolute Gasteiger partial charge is 0.497 e. The molecule has 0 aliphatic carbocycles. The molecule has 0 fully saturated rings. The summed E-state index contributed by atoms with van der Waals surface area (Å²) in [6.07, 6.45) is 1.83. The summed E-state index contributed by atoms with van der Waals surface area (Å²) in [7, 11) is 1.63. The van der Waals surface area contributed by atoms with Crippen LogP contribution in [0.1, 0.15) is 29.5 Å². The first-order valence-corrected chi connectivity index (χ1v) is 9.52. The maximum Gasteiger partial charge on any atom is 0.317 e. The van der Waals surface area contributed by atoms with E-state index < -0.39 is 5.97 Å². The second kappa shape index (κ2) is 9.26. The zero-order valence-corrected chi connectivity index (χ0v) is 16.1. The number of carboxylic acids is 1. The number of carboxylic acid groups (broad SMARTS) is 1. The molecule has 0 spiro atoms. The van der Waals surface area contributed by atoms with Gasteiger partial charge < -0.3 is 20.1 Å². The molecular formula is C22H26N2O4. The molecule has 0 radical (unpaired) electrons. The van der Waals surface area contributed by atoms with Crippen molar-refractivity contribution in [1.82, 2.24) is 10.2 Å². The fourth-order valence-electron chi connectivity index (χ4n) is 3.52. The summed E-state index contributed by atoms with van der Waals surface area (Å²) in [5, 5.41) is 12.1. The van der Waals surface area contributed by atoms with E-state index in [0.29, 0.717) is 25.9 Å². The standard InChI is InChI=1S/C22H26N2O4/c1-28-20-9-7-17-11-12-24(15-18(17)14-20)22(27)23-19(8-10-21(25)26)13-16-5-3-2-4-6-16/h2-7,9,14,19H,8,10-13,15H2,1H3,(H,23,27)(H,25,26). The Morgan fingerprint density at radius 3 is 2.68 bits per heavy atom. The van der Waals surface area contributed by atoms with Gasteiger partial charge in [0, 0.05) is 25.6 Å². The second-order valence-corrected chi connectivity index (χ2v) is 7.07. The van der Waals surface area contributed by atoms with Crippen molar-refractivity contribution in [2.24, 2.45) is 0 Å². The van der Waals surface area contributed by atoms with Gasteiger partial charge in [-0.15, -0.1) is 0 Å². The Kier molecular flexibility index (Phi) is 6.53. The minimum Gasteiger partial charge on any atom is -0.497 e. The minimum absolute atomic E-state index is 0.0256. The molecule has 6 heteroatoms. The molecule has 1 atom stereocenters. The van der Waals surface area contributed by atoms with Gasteiger partial charge in [-0.3, -0.25) is 4.79 Å². The van der Waals surface area contributed by atoms with Crippen molar-refractivity contribution < 1.29 is 19.4 Å². The van der Waals surface area contributed by atoms with Crippen LogP contribution in [0, 0.1) is 0 Å². The summed E-state index contributed by atoms with van der Waals surface area (Å²) in [6.45, 7) is 1.16. The highest BCUT2D eigenvalue weighted by molar-refractivity contribution is 5.75. The molecule has 1 unspecified atom stereocenters. The molecule has 0 aromatic heterocycles. The number of hydrogen-bond donors (Lipinski definition) is 2. The van der Waals surface area contributed by atoms with E-state index in [2.05, 4.69) is 11.4 Å². The highest BCUT2D eigenvalue weighted by Gasteiger charge is 2.23. The quantitative estimate of drug-likeness (QED) is 0.771. The van der Waals surface area contributed by atoms with Crippen LogP contribution in [0.4, 0.5) is 4.79 Å². The Bertz CT molecular complexity index is 823. The molecule has 1 aliphatic rings. The highest BCUT2D eigenvalue weighted by atomic mass is 16.5. The van der Waals surface area contributed by atoms with Crippen LogP contribution in [0.5, 0.6) is 5.75 Å². The number of carbonyl (C=O) groups excluding carboxylic acids is 1. The van der Waals surface area contributed by atoms with Crippen LogP contribution >= 0.6 is 0 Å². The molecule has 2 amide bonds. The molecule has 148 valence electrons. The average Bonchev–Trinajstić information content (AvgIpc) is 2.71. The number of nitrogens with one attached hydrogen (secondary N) is 1. The summed E-state index contributed by atoms with van der Waals surface area (Å²) < 4.78 is 5.29. The number of nitrogens with zero attached hydrogens (tertiary/aromatic N) is 1. The summed E-state index contributed by atoms with van der Waals surface area (Å²) in [6, 6.07) is 15.4. The van der Waals surface area contributed by atoms with E-state index in [1.807, 2.05) is 42.5 Å². The Hall–Kier alpha value is -3.02. The number of methoxy groups -OCH3 is 1. The number of carbonyl (C=O) groups is 2. The van der Waals surface area contributed by atoms with Crippen LogP contribution in [0.25, 0.3) is 0 Å². The third-order valence-corrected chi connectivity index (χ3v) is 5.07. The number of amides is 2. The highest BCUT2D eigenvalue weighted by Crippen LogP contribution is 2.24. The first kappa shape index (κ1) is 19.7. The Morgan fingerprint density at radius 1 is 1.18 bits per heavy atom. The number of aliphatic carboxylic acids is 1. The lowest BCUT2D eigenvalue weighted by molar-refractivity contribution is -0.137. The maximum absolute atomic E-state index is 12.8. The molecule has 28 heavy (non-hydrogen) atoms. The van der Waals surface area contributed by atoms with Crippen molar-refractivity contribution in [2.45, 2.75) is 38.3 Å². The van der Waals surface area contributed by atoms with E-state index in [9.17, 15) is 9.59 Å². The molecule has 2 aromatic rings. The van der Waals surface area contributed by atoms with E-state index >= 15 is 0 Å². The van der Waals surface area contributed by atoms with Crippen molar-refractivity contribution in [3.63, 3.8) is 0 Å². The summed E-state index contributed by atoms with van der Waals surface area (Å²) in [5.41, 5.74) is 3.40. The predicted octanol–water partition coefficient (Wildman–Crippen LogP) is 3.24. The van der Waals surface area contributed by atoms with Crippen molar-refractivity contribution in [2.75, 3.05) is 13.7 Å². The van der Waals surface area contributed by atoms with Crippen molar-refractivity contribution in [3.05, 3.63) is 65.2 Å². The van der Waals surface area contributed by atoms with Gasteiger partial charge in [-0.05, 0) is 48.1 Å². The first-order chi connectivity index (χ1) is 13.5. The number of ether oxygens (including phenoxy) is 1. The number of rotatable bonds is 7. The Labute approximate surface area is 165 Å². The first-order valence-electron chi connectivity index (χ1n) is 9.52. The van der Waals surface area contributed by atoms with Gasteiger partial charge in [0.05, 0.1) is 7.11 Å². The van der Waals surface area contributed by atoms with Gasteiger partial charge in [0.1, 0.15) is 5.75 Å². The van der Waals surface area contributed by atoms with E-state index in [0.717, 1.165) is 23.3 Å². The number of benzene rings is 2. The molecule has 0 saturated carbocycles. The average molecular weight is 382 g/mol. The third-order valence-electron chi connectivity index (χ3n) is 5.07. The van der Waals surface area contributed by atoms with Gasteiger partial charge in [0.2, 0.25) is 0 Å². The van der Waals surface area contributed by atoms with Crippen LogP contribution in [0.15, 0.2) is 48.5 Å². The lowest BCUT2D eigenvalue weighted by Crippen LogP contribution is -2.47. The van der Waals surface area contributed by atoms with E-state index in [-0.39, 0.29) is 18.5 Å². The SMILES string of the molecule is COc1ccc2c(c1)CN(C(=O)NC(CCC(=O)O)Cc1ccccc1)CC2. The summed E-state index contributed by atoms with van der Waals surface area (Å²) in [4.78, 5) is 25.6. The van der Waals surface area contributed by atoms with Crippen LogP contribution in [0.3, 0.4) is 0 Å². The van der Waals surface area contributed by atoms with Crippen LogP contribution in [-0.2, 0) is 24.2 Å². The zero-order valence-electron chi connectivity index (χ0n) is 16.1. The van der Waals surface area contributed by atoms with Crippen molar-refractivity contribution in [3.8, 4) is 5.75 Å². The topological polar surface area (TPSA) is 78.9 Å². The maximum atomic E-state index is 12.8. The molecule has 2 aromatic carbocycles. The summed E-state index contributed by atoms with van der Waals surface area (Å²) >= 11 is 0. The normalized spacial score (nSPS) is 14.1. The molecule has 3 rings (SSSR count). The van der Waals surface area contributed by atoms with Crippen molar-refractivity contribution in [1.29, 1.82) is 0 Å². The monoisotopic (exact) mass is 382 g/mol. The van der Waals surface area contributed by atoms with Crippen LogP contribution in [-0.4, -0.2) is 41.7 Å². The van der Waals surface area contributed by atoms with Crippen LogP contribution in [0.2, 0.25) is 0 Å². The van der Waals surface area contributed by atoms with Gasteiger partial charge in [0.25, 0.3) is 0 Å². The lowest BCUT2D eigenvalue weighted by atomic mass is 9.99. The summed E-state index contributed by atoms with van der Waals surface area (Å²) in [5.74, 6) is -0.0734. The molecule has 0 bridgehead atoms. The van der Waals surface area contributed by atoms with Crippen molar-refractivity contribution >= 4 is 12.0 Å². The van der Waals surface area contributed by atoms with Gasteiger partial charge in [-0.2, -0.15) is 0 Å². The minimum atomic E-state index is -0.855. The Morgan fingerprint density at radius 2 is 1.96 bits per heavy atom. The lowest BCUT2D eigenvalue weighted by Gasteiger charge is -2.31. The molecule has 2 N–H and O–H groups in total. The molecule has 0 saturated heterocycles.